The average molecular weight is 254 g/mol. The zero-order chi connectivity index (χ0) is 13.3. The molecule has 0 bridgehead atoms. The van der Waals surface area contributed by atoms with Gasteiger partial charge in [-0.1, -0.05) is 6.42 Å². The van der Waals surface area contributed by atoms with Crippen molar-refractivity contribution in [1.82, 2.24) is 4.90 Å². The van der Waals surface area contributed by atoms with E-state index < -0.39 is 5.97 Å². The maximum Gasteiger partial charge on any atom is 0.306 e. The van der Waals surface area contributed by atoms with Crippen LogP contribution in [0.15, 0.2) is 0 Å². The molecule has 5 nitrogen and oxygen atoms in total. The number of rotatable bonds is 2. The number of carbonyl (C=O) groups is 2. The van der Waals surface area contributed by atoms with Crippen molar-refractivity contribution >= 4 is 11.9 Å². The van der Waals surface area contributed by atoms with Crippen LogP contribution >= 0.6 is 0 Å². The molecule has 2 aliphatic rings. The smallest absolute Gasteiger partial charge is 0.306 e. The third kappa shape index (κ3) is 2.51. The first kappa shape index (κ1) is 13.3. The van der Waals surface area contributed by atoms with Crippen LogP contribution < -0.4 is 5.73 Å². The Hall–Kier alpha value is -1.10. The largest absolute Gasteiger partial charge is 0.481 e. The second kappa shape index (κ2) is 5.26. The van der Waals surface area contributed by atoms with Crippen LogP contribution in [0.25, 0.3) is 0 Å². The van der Waals surface area contributed by atoms with Gasteiger partial charge in [-0.2, -0.15) is 0 Å². The highest BCUT2D eigenvalue weighted by atomic mass is 16.4. The number of nitrogens with zero attached hydrogens (tertiary/aromatic N) is 1. The van der Waals surface area contributed by atoms with Gasteiger partial charge >= 0.3 is 5.97 Å². The van der Waals surface area contributed by atoms with Crippen LogP contribution in [0.2, 0.25) is 0 Å². The van der Waals surface area contributed by atoms with Gasteiger partial charge in [-0.25, -0.2) is 0 Å². The molecule has 1 amide bonds. The van der Waals surface area contributed by atoms with Crippen molar-refractivity contribution in [3.8, 4) is 0 Å². The van der Waals surface area contributed by atoms with Gasteiger partial charge in [0, 0.05) is 18.6 Å². The number of likely N-dealkylation sites (tertiary alicyclic amines) is 1. The predicted octanol–water partition coefficient (Wildman–Crippen LogP) is 0.825. The molecular weight excluding hydrogens is 232 g/mol. The van der Waals surface area contributed by atoms with Gasteiger partial charge in [0.15, 0.2) is 0 Å². The summed E-state index contributed by atoms with van der Waals surface area (Å²) in [5, 5.41) is 9.01. The van der Waals surface area contributed by atoms with E-state index >= 15 is 0 Å². The Bertz CT molecular complexity index is 345. The molecule has 0 spiro atoms. The molecular formula is C13H22N2O3. The van der Waals surface area contributed by atoms with Gasteiger partial charge in [-0.05, 0) is 32.6 Å². The lowest BCUT2D eigenvalue weighted by Gasteiger charge is -2.38. The summed E-state index contributed by atoms with van der Waals surface area (Å²) in [5.74, 6) is -0.960. The molecule has 4 atom stereocenters. The van der Waals surface area contributed by atoms with Crippen LogP contribution in [-0.2, 0) is 9.59 Å². The Morgan fingerprint density at radius 1 is 1.28 bits per heavy atom. The van der Waals surface area contributed by atoms with Crippen molar-refractivity contribution in [2.75, 3.05) is 6.54 Å². The number of carbonyl (C=O) groups excluding carboxylic acids is 1. The zero-order valence-corrected chi connectivity index (χ0v) is 10.8. The highest BCUT2D eigenvalue weighted by Gasteiger charge is 2.38. The van der Waals surface area contributed by atoms with Gasteiger partial charge in [-0.15, -0.1) is 0 Å². The van der Waals surface area contributed by atoms with E-state index in [9.17, 15) is 9.59 Å². The molecule has 2 fully saturated rings. The fourth-order valence-electron chi connectivity index (χ4n) is 3.23. The fourth-order valence-corrected chi connectivity index (χ4v) is 3.23. The summed E-state index contributed by atoms with van der Waals surface area (Å²) in [5.41, 5.74) is 5.97. The molecule has 0 aromatic carbocycles. The molecule has 3 N–H and O–H groups in total. The quantitative estimate of drug-likeness (QED) is 0.764. The lowest BCUT2D eigenvalue weighted by atomic mass is 9.90. The summed E-state index contributed by atoms with van der Waals surface area (Å²) >= 11 is 0. The van der Waals surface area contributed by atoms with Crippen molar-refractivity contribution in [1.29, 1.82) is 0 Å². The second-order valence-electron chi connectivity index (χ2n) is 5.64. The molecule has 0 aromatic rings. The van der Waals surface area contributed by atoms with E-state index in [1.54, 1.807) is 0 Å². The van der Waals surface area contributed by atoms with Gasteiger partial charge < -0.3 is 15.7 Å². The lowest BCUT2D eigenvalue weighted by Crippen LogP contribution is -2.50. The number of aliphatic carboxylic acids is 1. The highest BCUT2D eigenvalue weighted by Crippen LogP contribution is 2.30. The molecule has 1 aliphatic carbocycles. The molecule has 2 rings (SSSR count). The minimum Gasteiger partial charge on any atom is -0.481 e. The van der Waals surface area contributed by atoms with E-state index in [1.165, 1.54) is 0 Å². The first-order valence-corrected chi connectivity index (χ1v) is 6.79. The molecule has 1 saturated carbocycles. The summed E-state index contributed by atoms with van der Waals surface area (Å²) < 4.78 is 0. The number of carboxylic acids is 1. The van der Waals surface area contributed by atoms with Gasteiger partial charge in [0.25, 0.3) is 0 Å². The summed E-state index contributed by atoms with van der Waals surface area (Å²) in [6.45, 7) is 2.49. The van der Waals surface area contributed by atoms with Crippen LogP contribution in [0.5, 0.6) is 0 Å². The standard InChI is InChI=1S/C13H22N2O3/c1-8-7-9(13(17)18)5-6-15(8)12(16)10-3-2-4-11(10)14/h8-11H,2-7,14H2,1H3,(H,17,18). The Morgan fingerprint density at radius 2 is 2.00 bits per heavy atom. The van der Waals surface area contributed by atoms with E-state index in [1.807, 2.05) is 11.8 Å². The SMILES string of the molecule is CC1CC(C(=O)O)CCN1C(=O)C1CCCC1N. The van der Waals surface area contributed by atoms with Gasteiger partial charge in [0.05, 0.1) is 11.8 Å². The molecule has 4 unspecified atom stereocenters. The van der Waals surface area contributed by atoms with Gasteiger partial charge in [-0.3, -0.25) is 9.59 Å². The van der Waals surface area contributed by atoms with Crippen molar-refractivity contribution < 1.29 is 14.7 Å². The molecule has 1 saturated heterocycles. The number of hydrogen-bond acceptors (Lipinski definition) is 3. The summed E-state index contributed by atoms with van der Waals surface area (Å²) in [6.07, 6.45) is 3.95. The van der Waals surface area contributed by atoms with Crippen LogP contribution in [0, 0.1) is 11.8 Å². The Balaban J connectivity index is 1.98. The van der Waals surface area contributed by atoms with Crippen molar-refractivity contribution in [3.05, 3.63) is 0 Å². The van der Waals surface area contributed by atoms with E-state index in [0.717, 1.165) is 19.3 Å². The minimum absolute atomic E-state index is 0.0121. The molecule has 5 heteroatoms. The monoisotopic (exact) mass is 254 g/mol. The van der Waals surface area contributed by atoms with Crippen molar-refractivity contribution in [2.45, 2.75) is 51.1 Å². The molecule has 0 radical (unpaired) electrons. The highest BCUT2D eigenvalue weighted by molar-refractivity contribution is 5.80. The summed E-state index contributed by atoms with van der Waals surface area (Å²) in [6, 6.07) is 0.00190. The predicted molar refractivity (Wildman–Crippen MR) is 66.9 cm³/mol. The topological polar surface area (TPSA) is 83.6 Å². The van der Waals surface area contributed by atoms with E-state index in [2.05, 4.69) is 0 Å². The maximum atomic E-state index is 12.4. The van der Waals surface area contributed by atoms with Gasteiger partial charge in [0.1, 0.15) is 0 Å². The van der Waals surface area contributed by atoms with E-state index in [4.69, 9.17) is 10.8 Å². The van der Waals surface area contributed by atoms with Crippen LogP contribution in [-0.4, -0.2) is 40.5 Å². The first-order valence-electron chi connectivity index (χ1n) is 6.79. The van der Waals surface area contributed by atoms with Crippen LogP contribution in [0.1, 0.15) is 39.0 Å². The first-order chi connectivity index (χ1) is 8.50. The number of piperidine rings is 1. The second-order valence-corrected chi connectivity index (χ2v) is 5.64. The van der Waals surface area contributed by atoms with Crippen molar-refractivity contribution in [3.63, 3.8) is 0 Å². The third-order valence-corrected chi connectivity index (χ3v) is 4.40. The molecule has 102 valence electrons. The zero-order valence-electron chi connectivity index (χ0n) is 10.8. The normalized spacial score (nSPS) is 36.7. The summed E-state index contributed by atoms with van der Waals surface area (Å²) in [7, 11) is 0. The van der Waals surface area contributed by atoms with E-state index in [-0.39, 0.29) is 29.8 Å². The fraction of sp³-hybridized carbons (Fsp3) is 0.846. The number of carboxylic acid groups (broad SMARTS) is 1. The van der Waals surface area contributed by atoms with Crippen LogP contribution in [0.4, 0.5) is 0 Å². The number of amides is 1. The molecule has 1 aliphatic heterocycles. The Labute approximate surface area is 107 Å². The number of hydrogen-bond donors (Lipinski definition) is 2. The molecule has 18 heavy (non-hydrogen) atoms. The minimum atomic E-state index is -0.744. The maximum absolute atomic E-state index is 12.4. The average Bonchev–Trinajstić information content (AvgIpc) is 2.74. The van der Waals surface area contributed by atoms with E-state index in [0.29, 0.717) is 19.4 Å². The lowest BCUT2D eigenvalue weighted by molar-refractivity contribution is -0.149. The molecule has 1 heterocycles. The molecule has 0 aromatic heterocycles. The third-order valence-electron chi connectivity index (χ3n) is 4.40. The van der Waals surface area contributed by atoms with Crippen LogP contribution in [0.3, 0.4) is 0 Å². The van der Waals surface area contributed by atoms with Crippen molar-refractivity contribution in [2.24, 2.45) is 17.6 Å². The number of nitrogens with two attached hydrogens (primary N) is 1. The Morgan fingerprint density at radius 3 is 2.50 bits per heavy atom. The Kier molecular flexibility index (Phi) is 3.90. The van der Waals surface area contributed by atoms with Gasteiger partial charge in [0.2, 0.25) is 5.91 Å². The summed E-state index contributed by atoms with van der Waals surface area (Å²) in [4.78, 5) is 25.2.